The molecule has 0 aliphatic rings. The van der Waals surface area contributed by atoms with Gasteiger partial charge in [-0.3, -0.25) is 0 Å². The zero-order chi connectivity index (χ0) is 2.71. The third kappa shape index (κ3) is 9.21. The molecule has 4 heavy (non-hydrogen) atoms. The van der Waals surface area contributed by atoms with Crippen molar-refractivity contribution in [1.82, 2.24) is 0 Å². The van der Waals surface area contributed by atoms with Crippen LogP contribution in [0.2, 0.25) is 0 Å². The molecule has 0 bridgehead atoms. The number of hydrogen-bond donors (Lipinski definition) is 0. The van der Waals surface area contributed by atoms with Crippen LogP contribution in [0.25, 0.3) is 0 Å². The summed E-state index contributed by atoms with van der Waals surface area (Å²) in [4.78, 5) is 0. The van der Waals surface area contributed by atoms with E-state index in [9.17, 15) is 0 Å². The average Bonchev–Trinajstić information content (AvgIpc) is 0.918. The molecule has 0 nitrogen and oxygen atoms in total. The monoisotopic (exact) mass is 268 g/mol. The fourth-order valence-corrected chi connectivity index (χ4v) is 0. The van der Waals surface area contributed by atoms with E-state index >= 15 is 0 Å². The third-order valence-corrected chi connectivity index (χ3v) is 0. The molecule has 0 heterocycles. The van der Waals surface area contributed by atoms with Gasteiger partial charge in [-0.25, -0.2) is 0 Å². The summed E-state index contributed by atoms with van der Waals surface area (Å²) in [5.74, 6) is 0. The maximum atomic E-state index is 4.34. The van der Waals surface area contributed by atoms with Crippen LogP contribution >= 0.6 is 19.6 Å². The summed E-state index contributed by atoms with van der Waals surface area (Å²) in [5.41, 5.74) is 0. The summed E-state index contributed by atoms with van der Waals surface area (Å²) in [6.45, 7) is 0. The van der Waals surface area contributed by atoms with Crippen LogP contribution in [0, 0.1) is 0 Å². The van der Waals surface area contributed by atoms with Gasteiger partial charge in [-0.2, -0.15) is 0 Å². The molecular formula is MoPdS2. The first-order chi connectivity index (χ1) is 1.41. The van der Waals surface area contributed by atoms with E-state index in [1.807, 2.05) is 0 Å². The van der Waals surface area contributed by atoms with Gasteiger partial charge in [0.2, 0.25) is 0 Å². The molecule has 0 saturated heterocycles. The van der Waals surface area contributed by atoms with Crippen LogP contribution in [-0.2, 0) is 35.3 Å². The minimum atomic E-state index is -0.363. The van der Waals surface area contributed by atoms with Crippen LogP contribution < -0.4 is 0 Å². The molecule has 0 fully saturated rings. The van der Waals surface area contributed by atoms with Gasteiger partial charge in [-0.15, -0.1) is 0 Å². The second-order valence-corrected chi connectivity index (χ2v) is 3.62. The molecule has 28 valence electrons. The molecule has 0 atom stereocenters. The van der Waals surface area contributed by atoms with E-state index in [0.29, 0.717) is 0 Å². The Labute approximate surface area is 54.4 Å². The Kier molecular flexibility index (Phi) is 20.4. The van der Waals surface area contributed by atoms with E-state index in [1.54, 1.807) is 0 Å². The molecule has 0 N–H and O–H groups in total. The Morgan fingerprint density at radius 2 is 1.25 bits per heavy atom. The zero-order valence-electron chi connectivity index (χ0n) is 1.54. The first-order valence-electron chi connectivity index (χ1n) is 0.333. The van der Waals surface area contributed by atoms with Gasteiger partial charge in [0.15, 0.2) is 0 Å². The van der Waals surface area contributed by atoms with Crippen LogP contribution in [0.15, 0.2) is 0 Å². The van der Waals surface area contributed by atoms with Crippen LogP contribution in [0.4, 0.5) is 0 Å². The minimum absolute atomic E-state index is 0. The van der Waals surface area contributed by atoms with Gasteiger partial charge >= 0.3 is 34.6 Å². The van der Waals surface area contributed by atoms with Gasteiger partial charge in [0.05, 0.1) is 0 Å². The van der Waals surface area contributed by atoms with Crippen molar-refractivity contribution in [1.29, 1.82) is 0 Å². The fourth-order valence-electron chi connectivity index (χ4n) is 0. The summed E-state index contributed by atoms with van der Waals surface area (Å²) in [6.07, 6.45) is 0. The third-order valence-electron chi connectivity index (χ3n) is 0. The van der Waals surface area contributed by atoms with Crippen LogP contribution in [0.3, 0.4) is 0 Å². The standard InChI is InChI=1S/Mo.Pd.2S. The van der Waals surface area contributed by atoms with Crippen molar-refractivity contribution in [2.75, 3.05) is 0 Å². The molecule has 0 radical (unpaired) electrons. The normalized spacial score (nSPS) is 3.00. The van der Waals surface area contributed by atoms with Gasteiger partial charge in [-0.05, 0) is 0 Å². The first-order valence-corrected chi connectivity index (χ1v) is 5.92. The molecule has 0 rings (SSSR count). The quantitative estimate of drug-likeness (QED) is 0.606. The Hall–Kier alpha value is 1.79. The summed E-state index contributed by atoms with van der Waals surface area (Å²) in [6, 6.07) is 0. The first kappa shape index (κ1) is 9.25. The van der Waals surface area contributed by atoms with E-state index in [1.165, 1.54) is 0 Å². The Bertz CT molecular complexity index is 27.0. The van der Waals surface area contributed by atoms with Crippen molar-refractivity contribution >= 4 is 19.6 Å². The Morgan fingerprint density at radius 3 is 1.25 bits per heavy atom. The van der Waals surface area contributed by atoms with Crippen LogP contribution in [0.5, 0.6) is 0 Å². The van der Waals surface area contributed by atoms with Crippen molar-refractivity contribution in [3.63, 3.8) is 0 Å². The molecule has 0 aromatic rings. The topological polar surface area (TPSA) is 0 Å². The van der Waals surface area contributed by atoms with Gasteiger partial charge in [0, 0.05) is 20.4 Å². The van der Waals surface area contributed by atoms with Crippen molar-refractivity contribution in [2.24, 2.45) is 0 Å². The molecule has 0 unspecified atom stereocenters. The molecule has 0 saturated carbocycles. The van der Waals surface area contributed by atoms with Crippen molar-refractivity contribution < 1.29 is 35.3 Å². The predicted octanol–water partition coefficient (Wildman–Crippen LogP) is 1.29. The SMILES string of the molecule is [Pd].[S]=[Mo]=[S]. The number of rotatable bonds is 0. The summed E-state index contributed by atoms with van der Waals surface area (Å²) in [7, 11) is 8.68. The molecule has 4 heteroatoms. The maximum absolute atomic E-state index is 4.34. The molecule has 0 aliphatic heterocycles. The van der Waals surface area contributed by atoms with Gasteiger partial charge in [0.25, 0.3) is 0 Å². The predicted molar refractivity (Wildman–Crippen MR) is 15.2 cm³/mol. The second-order valence-electron chi connectivity index (χ2n) is 0.0680. The molecule has 0 spiro atoms. The summed E-state index contributed by atoms with van der Waals surface area (Å²) in [5, 5.41) is 0. The zero-order valence-corrected chi connectivity index (χ0v) is 6.74. The summed E-state index contributed by atoms with van der Waals surface area (Å²) < 4.78 is 0. The van der Waals surface area contributed by atoms with E-state index in [0.717, 1.165) is 0 Å². The van der Waals surface area contributed by atoms with Crippen molar-refractivity contribution in [2.45, 2.75) is 0 Å². The molecule has 0 amide bonds. The summed E-state index contributed by atoms with van der Waals surface area (Å²) >= 11 is -0.363. The van der Waals surface area contributed by atoms with Gasteiger partial charge in [-0.1, -0.05) is 0 Å². The average molecular weight is 266 g/mol. The fraction of sp³-hybridized carbons (Fsp3) is 0. The Balaban J connectivity index is 0. The van der Waals surface area contributed by atoms with E-state index < -0.39 is 0 Å². The number of hydrogen-bond acceptors (Lipinski definition) is 2. The van der Waals surface area contributed by atoms with Crippen LogP contribution in [-0.4, -0.2) is 0 Å². The molecule has 0 aromatic carbocycles. The van der Waals surface area contributed by atoms with E-state index in [-0.39, 0.29) is 35.3 Å². The second kappa shape index (κ2) is 8.84. The molecule has 0 aromatic heterocycles. The van der Waals surface area contributed by atoms with Crippen LogP contribution in [0.1, 0.15) is 0 Å². The Morgan fingerprint density at radius 1 is 1.25 bits per heavy atom. The molecular weight excluding hydrogens is 266 g/mol. The molecule has 0 aliphatic carbocycles. The van der Waals surface area contributed by atoms with E-state index in [2.05, 4.69) is 19.6 Å². The van der Waals surface area contributed by atoms with Gasteiger partial charge < -0.3 is 0 Å². The van der Waals surface area contributed by atoms with Crippen molar-refractivity contribution in [3.8, 4) is 0 Å². The van der Waals surface area contributed by atoms with E-state index in [4.69, 9.17) is 0 Å². The van der Waals surface area contributed by atoms with Gasteiger partial charge in [0.1, 0.15) is 0 Å². The van der Waals surface area contributed by atoms with Crippen molar-refractivity contribution in [3.05, 3.63) is 0 Å².